The van der Waals surface area contributed by atoms with Crippen LogP contribution in [-0.4, -0.2) is 107 Å². The van der Waals surface area contributed by atoms with E-state index in [9.17, 15) is 30.3 Å². The number of allylic oxidation sites excluding steroid dienone is 1. The standard InChI is InChI=1S/C41H54N4O8S/c1-7-41(6)28(15-23(4)39(50)51)35-24(5)31-16-25(9-11-52-10-8-12-54-40-38(49)37(48)36(47)33(20-46)53-40)32(44-31)18-27-13-21(2)29(42-27)17-26-14-22(3)30(43-26)19-34(41)45-35/h13-14,16-19,23,28,33,36-38,40,43-44,46-49H,7-12,15,20H2,1-6H3,(H,50,51)/t23?,28?,33-,36-,37+,38-,40+,41?/m1/s1. The molecular weight excluding hydrogens is 709 g/mol. The van der Waals surface area contributed by atoms with Crippen molar-refractivity contribution in [3.8, 4) is 0 Å². The van der Waals surface area contributed by atoms with Crippen molar-refractivity contribution in [3.05, 3.63) is 69.8 Å². The van der Waals surface area contributed by atoms with Gasteiger partial charge in [0.1, 0.15) is 29.9 Å². The number of aliphatic hydroxyl groups is 4. The van der Waals surface area contributed by atoms with Gasteiger partial charge in [-0.25, -0.2) is 4.98 Å². The number of carboxylic acids is 1. The summed E-state index contributed by atoms with van der Waals surface area (Å²) >= 11 is 1.32. The van der Waals surface area contributed by atoms with Crippen LogP contribution in [0, 0.1) is 19.8 Å². The maximum Gasteiger partial charge on any atom is 0.306 e. The average Bonchev–Trinajstić information content (AvgIpc) is 3.88. The highest BCUT2D eigenvalue weighted by molar-refractivity contribution is 7.99. The highest BCUT2D eigenvalue weighted by atomic mass is 32.2. The Labute approximate surface area is 320 Å². The zero-order chi connectivity index (χ0) is 38.9. The number of carbonyl (C=O) groups is 1. The molecule has 0 amide bonds. The summed E-state index contributed by atoms with van der Waals surface area (Å²) in [5.41, 5.74) is 10.4. The lowest BCUT2D eigenvalue weighted by Crippen LogP contribution is -2.57. The molecule has 292 valence electrons. The molecule has 3 aromatic heterocycles. The molecule has 6 rings (SSSR count). The number of aliphatic carboxylic acids is 1. The second kappa shape index (κ2) is 16.7. The molecule has 13 heteroatoms. The number of nitrogens with zero attached hydrogens (tertiary/aromatic N) is 2. The fourth-order valence-corrected chi connectivity index (χ4v) is 8.78. The van der Waals surface area contributed by atoms with E-state index >= 15 is 0 Å². The lowest BCUT2D eigenvalue weighted by atomic mass is 9.69. The maximum absolute atomic E-state index is 12.2. The second-order valence-corrected chi connectivity index (χ2v) is 16.4. The van der Waals surface area contributed by atoms with Crippen LogP contribution < -0.4 is 0 Å². The Hall–Kier alpha value is -3.56. The second-order valence-electron chi connectivity index (χ2n) is 15.2. The molecule has 8 bridgehead atoms. The minimum atomic E-state index is -1.39. The van der Waals surface area contributed by atoms with Crippen molar-refractivity contribution in [3.63, 3.8) is 0 Å². The summed E-state index contributed by atoms with van der Waals surface area (Å²) in [5, 5.41) is 49.9. The molecule has 0 saturated carbocycles. The van der Waals surface area contributed by atoms with Gasteiger partial charge in [-0.05, 0) is 111 Å². The molecule has 1 saturated heterocycles. The zero-order valence-corrected chi connectivity index (χ0v) is 32.7. The summed E-state index contributed by atoms with van der Waals surface area (Å²) < 4.78 is 11.7. The van der Waals surface area contributed by atoms with Crippen molar-refractivity contribution in [2.75, 3.05) is 25.6 Å². The van der Waals surface area contributed by atoms with Crippen LogP contribution in [0.25, 0.3) is 33.7 Å². The molecule has 6 heterocycles. The Bertz CT molecular complexity index is 2040. The molecule has 3 aliphatic heterocycles. The van der Waals surface area contributed by atoms with Crippen molar-refractivity contribution in [2.45, 2.75) is 108 Å². The number of hydrogen-bond acceptors (Lipinski definition) is 10. The number of aryl methyl sites for hydroxylation is 2. The molecule has 0 aromatic carbocycles. The van der Waals surface area contributed by atoms with Crippen LogP contribution in [0.2, 0.25) is 0 Å². The molecular formula is C41H54N4O8S. The molecule has 1 fully saturated rings. The summed E-state index contributed by atoms with van der Waals surface area (Å²) in [4.78, 5) is 29.7. The first-order chi connectivity index (χ1) is 25.7. The fourth-order valence-electron chi connectivity index (χ4n) is 7.69. The van der Waals surface area contributed by atoms with E-state index in [1.54, 1.807) is 6.92 Å². The van der Waals surface area contributed by atoms with Gasteiger partial charge in [-0.2, -0.15) is 0 Å². The van der Waals surface area contributed by atoms with E-state index in [0.717, 1.165) is 73.5 Å². The number of carboxylic acid groups (broad SMARTS) is 1. The molecule has 54 heavy (non-hydrogen) atoms. The van der Waals surface area contributed by atoms with Gasteiger partial charge >= 0.3 is 5.97 Å². The topological polar surface area (TPSA) is 194 Å². The Morgan fingerprint density at radius 2 is 1.78 bits per heavy atom. The van der Waals surface area contributed by atoms with Crippen molar-refractivity contribution in [1.82, 2.24) is 19.9 Å². The van der Waals surface area contributed by atoms with Crippen LogP contribution in [0.1, 0.15) is 92.3 Å². The van der Waals surface area contributed by atoms with Crippen molar-refractivity contribution >= 4 is 51.4 Å². The predicted octanol–water partition coefficient (Wildman–Crippen LogP) is 5.54. The number of aromatic amines is 2. The average molecular weight is 763 g/mol. The van der Waals surface area contributed by atoms with E-state index in [1.807, 2.05) is 0 Å². The van der Waals surface area contributed by atoms with Gasteiger partial charge in [-0.1, -0.05) is 20.8 Å². The van der Waals surface area contributed by atoms with Gasteiger partial charge in [0.15, 0.2) is 0 Å². The number of aromatic nitrogens is 4. The van der Waals surface area contributed by atoms with Crippen molar-refractivity contribution in [1.29, 1.82) is 0 Å². The van der Waals surface area contributed by atoms with Crippen molar-refractivity contribution in [2.24, 2.45) is 5.92 Å². The van der Waals surface area contributed by atoms with E-state index in [4.69, 9.17) is 19.4 Å². The number of ether oxygens (including phenoxy) is 2. The smallest absolute Gasteiger partial charge is 0.306 e. The number of hydrogen-bond donors (Lipinski definition) is 7. The maximum atomic E-state index is 12.2. The summed E-state index contributed by atoms with van der Waals surface area (Å²) in [7, 11) is 0. The first kappa shape index (κ1) is 40.1. The molecule has 0 radical (unpaired) electrons. The van der Waals surface area contributed by atoms with Crippen LogP contribution >= 0.6 is 11.8 Å². The number of fused-ring (bicyclic) bond motifs is 8. The molecule has 8 atom stereocenters. The van der Waals surface area contributed by atoms with Gasteiger partial charge in [0.25, 0.3) is 0 Å². The number of rotatable bonds is 13. The third kappa shape index (κ3) is 8.18. The molecule has 3 aromatic rings. The van der Waals surface area contributed by atoms with Crippen molar-refractivity contribution < 1.29 is 39.8 Å². The van der Waals surface area contributed by atoms with Crippen LogP contribution in [0.3, 0.4) is 0 Å². The van der Waals surface area contributed by atoms with E-state index in [1.165, 1.54) is 11.8 Å². The normalized spacial score (nSPS) is 26.1. The monoisotopic (exact) mass is 762 g/mol. The Kier molecular flexibility index (Phi) is 12.4. The first-order valence-corrected chi connectivity index (χ1v) is 19.9. The van der Waals surface area contributed by atoms with E-state index in [0.29, 0.717) is 38.2 Å². The largest absolute Gasteiger partial charge is 0.481 e. The third-order valence-corrected chi connectivity index (χ3v) is 12.7. The zero-order valence-electron chi connectivity index (χ0n) is 31.9. The van der Waals surface area contributed by atoms with E-state index < -0.39 is 48.3 Å². The lowest BCUT2D eigenvalue weighted by molar-refractivity contribution is -0.205. The van der Waals surface area contributed by atoms with Gasteiger partial charge in [0.05, 0.1) is 30.5 Å². The SMILES string of the molecule is CCC1(C)c2cc3[nH]c(cc4nc(cc5[nH]c(cc5CCOCCCS[C@@H]5O[C@H](CO)[C@@H](O)[C@H](O)[C@H]5O)c(C)c(n2)C1CC(C)C(=O)O)C=C4C)cc3C. The number of H-pyrrole nitrogens is 2. The fraction of sp³-hybridized carbons (Fsp3) is 0.537. The van der Waals surface area contributed by atoms with Crippen LogP contribution in [0.4, 0.5) is 0 Å². The van der Waals surface area contributed by atoms with Crippen LogP contribution in [0.15, 0.2) is 30.3 Å². The lowest BCUT2D eigenvalue weighted by Gasteiger charge is -2.39. The molecule has 7 N–H and O–H groups in total. The van der Waals surface area contributed by atoms with Crippen LogP contribution in [0.5, 0.6) is 0 Å². The molecule has 3 aliphatic rings. The van der Waals surface area contributed by atoms with Gasteiger partial charge < -0.3 is 45.0 Å². The van der Waals surface area contributed by atoms with Gasteiger partial charge in [-0.3, -0.25) is 9.78 Å². The molecule has 12 nitrogen and oxygen atoms in total. The predicted molar refractivity (Wildman–Crippen MR) is 211 cm³/mol. The van der Waals surface area contributed by atoms with Gasteiger partial charge in [0.2, 0.25) is 0 Å². The minimum absolute atomic E-state index is 0.110. The number of aliphatic hydroxyl groups excluding tert-OH is 4. The third-order valence-electron chi connectivity index (χ3n) is 11.4. The minimum Gasteiger partial charge on any atom is -0.481 e. The highest BCUT2D eigenvalue weighted by Gasteiger charge is 2.45. The van der Waals surface area contributed by atoms with Gasteiger partial charge in [-0.15, -0.1) is 11.8 Å². The molecule has 3 unspecified atom stereocenters. The Morgan fingerprint density at radius 1 is 1.00 bits per heavy atom. The van der Waals surface area contributed by atoms with E-state index in [2.05, 4.69) is 81.0 Å². The molecule has 0 aliphatic carbocycles. The molecule has 0 spiro atoms. The highest BCUT2D eigenvalue weighted by Crippen LogP contribution is 2.49. The summed E-state index contributed by atoms with van der Waals surface area (Å²) in [5.74, 6) is -0.880. The quantitative estimate of drug-likeness (QED) is 0.108. The Morgan fingerprint density at radius 3 is 2.50 bits per heavy atom. The van der Waals surface area contributed by atoms with Gasteiger partial charge in [0, 0.05) is 51.4 Å². The number of thioether (sulfide) groups is 1. The number of nitrogens with one attached hydrogen (secondary N) is 2. The Balaban J connectivity index is 1.31. The summed E-state index contributed by atoms with van der Waals surface area (Å²) in [6.07, 6.45) is -0.309. The summed E-state index contributed by atoms with van der Waals surface area (Å²) in [6, 6.07) is 10.5. The summed E-state index contributed by atoms with van der Waals surface area (Å²) in [6.45, 7) is 12.8. The van der Waals surface area contributed by atoms with E-state index in [-0.39, 0.29) is 11.3 Å². The first-order valence-electron chi connectivity index (χ1n) is 18.9. The van der Waals surface area contributed by atoms with Crippen LogP contribution in [-0.2, 0) is 26.1 Å².